The Morgan fingerprint density at radius 2 is 1.61 bits per heavy atom. The second-order valence-corrected chi connectivity index (χ2v) is 6.76. The molecule has 0 saturated carbocycles. The highest BCUT2D eigenvalue weighted by molar-refractivity contribution is 6.04. The number of nitrogens with one attached hydrogen (secondary N) is 1. The van der Waals surface area contributed by atoms with Crippen LogP contribution in [-0.4, -0.2) is 26.6 Å². The number of hydrogen-bond donors (Lipinski definition) is 2. The maximum absolute atomic E-state index is 12.6. The van der Waals surface area contributed by atoms with Crippen LogP contribution in [0.3, 0.4) is 0 Å². The maximum atomic E-state index is 12.6. The number of nitrogens with zero attached hydrogens (tertiary/aromatic N) is 3. The third kappa shape index (κ3) is 5.13. The van der Waals surface area contributed by atoms with Gasteiger partial charge in [0.05, 0.1) is 6.54 Å². The summed E-state index contributed by atoms with van der Waals surface area (Å²) in [6.45, 7) is 0.566. The van der Waals surface area contributed by atoms with E-state index in [9.17, 15) is 9.59 Å². The Kier molecular flexibility index (Phi) is 5.70. The van der Waals surface area contributed by atoms with Crippen molar-refractivity contribution in [2.45, 2.75) is 6.54 Å². The molecule has 8 heteroatoms. The average Bonchev–Trinajstić information content (AvgIpc) is 3.28. The summed E-state index contributed by atoms with van der Waals surface area (Å²) in [6.07, 6.45) is 3.12. The van der Waals surface area contributed by atoms with Crippen LogP contribution in [0.4, 0.5) is 5.69 Å². The van der Waals surface area contributed by atoms with E-state index >= 15 is 0 Å². The zero-order valence-electron chi connectivity index (χ0n) is 16.4. The molecule has 0 atom stereocenters. The summed E-state index contributed by atoms with van der Waals surface area (Å²) in [5.41, 5.74) is 7.82. The summed E-state index contributed by atoms with van der Waals surface area (Å²) < 4.78 is 7.44. The number of aromatic nitrogens is 3. The normalized spacial score (nSPS) is 10.5. The molecule has 154 valence electrons. The molecule has 3 N–H and O–H groups in total. The molecule has 0 aliphatic rings. The summed E-state index contributed by atoms with van der Waals surface area (Å²) in [7, 11) is 0. The van der Waals surface area contributed by atoms with Gasteiger partial charge < -0.3 is 15.8 Å². The van der Waals surface area contributed by atoms with Gasteiger partial charge in [-0.05, 0) is 66.2 Å². The lowest BCUT2D eigenvalue weighted by Crippen LogP contribution is -2.12. The SMILES string of the molecule is NC(=O)c1ccc(Oc2ccc(C(=O)Nc3cccc(Cn4cncn4)c3)cc2)cc1. The van der Waals surface area contributed by atoms with Crippen LogP contribution < -0.4 is 15.8 Å². The van der Waals surface area contributed by atoms with Crippen molar-refractivity contribution in [2.75, 3.05) is 5.32 Å². The molecule has 0 spiro atoms. The zero-order chi connectivity index (χ0) is 21.6. The number of carbonyl (C=O) groups excluding carboxylic acids is 2. The Hall–Kier alpha value is -4.46. The Labute approximate surface area is 178 Å². The van der Waals surface area contributed by atoms with Gasteiger partial charge in [0, 0.05) is 16.8 Å². The van der Waals surface area contributed by atoms with Crippen molar-refractivity contribution >= 4 is 17.5 Å². The van der Waals surface area contributed by atoms with Crippen LogP contribution in [0.25, 0.3) is 0 Å². The van der Waals surface area contributed by atoms with Gasteiger partial charge in [-0.1, -0.05) is 12.1 Å². The van der Waals surface area contributed by atoms with E-state index < -0.39 is 5.91 Å². The van der Waals surface area contributed by atoms with Gasteiger partial charge in [-0.15, -0.1) is 0 Å². The van der Waals surface area contributed by atoms with Crippen LogP contribution in [0, 0.1) is 0 Å². The maximum Gasteiger partial charge on any atom is 0.255 e. The third-order valence-electron chi connectivity index (χ3n) is 4.49. The minimum Gasteiger partial charge on any atom is -0.457 e. The van der Waals surface area contributed by atoms with E-state index in [-0.39, 0.29) is 5.91 Å². The van der Waals surface area contributed by atoms with Crippen molar-refractivity contribution in [2.24, 2.45) is 5.73 Å². The lowest BCUT2D eigenvalue weighted by molar-refractivity contribution is 0.0997. The fourth-order valence-electron chi connectivity index (χ4n) is 2.95. The lowest BCUT2D eigenvalue weighted by atomic mass is 10.1. The van der Waals surface area contributed by atoms with Crippen LogP contribution in [0.15, 0.2) is 85.5 Å². The van der Waals surface area contributed by atoms with E-state index in [2.05, 4.69) is 15.4 Å². The van der Waals surface area contributed by atoms with Gasteiger partial charge in [0.1, 0.15) is 24.2 Å². The number of ether oxygens (including phenoxy) is 1. The van der Waals surface area contributed by atoms with Crippen molar-refractivity contribution in [1.82, 2.24) is 14.8 Å². The number of amides is 2. The van der Waals surface area contributed by atoms with Crippen LogP contribution in [-0.2, 0) is 6.54 Å². The number of benzene rings is 3. The first-order valence-corrected chi connectivity index (χ1v) is 9.47. The highest BCUT2D eigenvalue weighted by atomic mass is 16.5. The molecule has 1 aromatic heterocycles. The summed E-state index contributed by atoms with van der Waals surface area (Å²) >= 11 is 0. The van der Waals surface area contributed by atoms with Gasteiger partial charge in [0.25, 0.3) is 5.91 Å². The molecule has 0 unspecified atom stereocenters. The minimum atomic E-state index is -0.495. The molecule has 1 heterocycles. The summed E-state index contributed by atoms with van der Waals surface area (Å²) in [5, 5.41) is 6.98. The number of rotatable bonds is 7. The smallest absolute Gasteiger partial charge is 0.255 e. The first kappa shape index (κ1) is 19.8. The van der Waals surface area contributed by atoms with Crippen LogP contribution >= 0.6 is 0 Å². The highest BCUT2D eigenvalue weighted by Gasteiger charge is 2.08. The predicted molar refractivity (Wildman–Crippen MR) is 115 cm³/mol. The van der Waals surface area contributed by atoms with Crippen molar-refractivity contribution in [3.8, 4) is 11.5 Å². The first-order chi connectivity index (χ1) is 15.1. The van der Waals surface area contributed by atoms with Gasteiger partial charge in [0.15, 0.2) is 0 Å². The van der Waals surface area contributed by atoms with E-state index in [1.807, 2.05) is 24.3 Å². The van der Waals surface area contributed by atoms with Crippen LogP contribution in [0.5, 0.6) is 11.5 Å². The number of primary amides is 1. The molecule has 0 radical (unpaired) electrons. The average molecular weight is 413 g/mol. The quantitative estimate of drug-likeness (QED) is 0.482. The predicted octanol–water partition coefficient (Wildman–Crippen LogP) is 3.47. The molecule has 0 saturated heterocycles. The molecule has 8 nitrogen and oxygen atoms in total. The largest absolute Gasteiger partial charge is 0.457 e. The summed E-state index contributed by atoms with van der Waals surface area (Å²) in [6, 6.07) is 20.8. The molecule has 2 amide bonds. The van der Waals surface area contributed by atoms with Crippen molar-refractivity contribution in [3.05, 3.63) is 102 Å². The fourth-order valence-corrected chi connectivity index (χ4v) is 2.95. The molecule has 3 aromatic carbocycles. The van der Waals surface area contributed by atoms with Gasteiger partial charge in [-0.2, -0.15) is 5.10 Å². The van der Waals surface area contributed by atoms with E-state index in [4.69, 9.17) is 10.5 Å². The highest BCUT2D eigenvalue weighted by Crippen LogP contribution is 2.22. The van der Waals surface area contributed by atoms with Crippen molar-refractivity contribution in [3.63, 3.8) is 0 Å². The number of anilines is 1. The van der Waals surface area contributed by atoms with Gasteiger partial charge in [-0.25, -0.2) is 9.67 Å². The minimum absolute atomic E-state index is 0.227. The Morgan fingerprint density at radius 1 is 0.935 bits per heavy atom. The van der Waals surface area contributed by atoms with Gasteiger partial charge in [-0.3, -0.25) is 9.59 Å². The fraction of sp³-hybridized carbons (Fsp3) is 0.0435. The molecule has 0 bridgehead atoms. The standard InChI is InChI=1S/C23H19N5O3/c24-22(29)17-4-8-20(9-5-17)31-21-10-6-18(7-11-21)23(30)27-19-3-1-2-16(12-19)13-28-15-25-14-26-28/h1-12,14-15H,13H2,(H2,24,29)(H,27,30). The molecule has 31 heavy (non-hydrogen) atoms. The van der Waals surface area contributed by atoms with E-state index in [0.29, 0.717) is 34.9 Å². The van der Waals surface area contributed by atoms with Gasteiger partial charge in [0.2, 0.25) is 5.91 Å². The van der Waals surface area contributed by atoms with E-state index in [1.54, 1.807) is 59.5 Å². The topological polar surface area (TPSA) is 112 Å². The van der Waals surface area contributed by atoms with Gasteiger partial charge >= 0.3 is 0 Å². The Balaban J connectivity index is 1.38. The number of carbonyl (C=O) groups is 2. The van der Waals surface area contributed by atoms with E-state index in [1.165, 1.54) is 6.33 Å². The molecule has 4 aromatic rings. The van der Waals surface area contributed by atoms with E-state index in [0.717, 1.165) is 5.56 Å². The monoisotopic (exact) mass is 413 g/mol. The molecule has 0 fully saturated rings. The Bertz CT molecular complexity index is 1190. The van der Waals surface area contributed by atoms with Crippen LogP contribution in [0.2, 0.25) is 0 Å². The lowest BCUT2D eigenvalue weighted by Gasteiger charge is -2.09. The van der Waals surface area contributed by atoms with Crippen LogP contribution in [0.1, 0.15) is 26.3 Å². The Morgan fingerprint density at radius 3 is 2.23 bits per heavy atom. The molecule has 0 aliphatic heterocycles. The molecular formula is C23H19N5O3. The second-order valence-electron chi connectivity index (χ2n) is 6.76. The summed E-state index contributed by atoms with van der Waals surface area (Å²) in [4.78, 5) is 27.6. The van der Waals surface area contributed by atoms with Crippen molar-refractivity contribution < 1.29 is 14.3 Å². The third-order valence-corrected chi connectivity index (χ3v) is 4.49. The number of hydrogen-bond acceptors (Lipinski definition) is 5. The molecule has 0 aliphatic carbocycles. The summed E-state index contributed by atoms with van der Waals surface area (Å²) in [5.74, 6) is 0.408. The van der Waals surface area contributed by atoms with Crippen molar-refractivity contribution in [1.29, 1.82) is 0 Å². The molecule has 4 rings (SSSR count). The second kappa shape index (κ2) is 8.91. The number of nitrogens with two attached hydrogens (primary N) is 1. The first-order valence-electron chi connectivity index (χ1n) is 9.47. The zero-order valence-corrected chi connectivity index (χ0v) is 16.4. The molecular weight excluding hydrogens is 394 g/mol.